The smallest absolute Gasteiger partial charge is 0.340 e. The number of para-hydroxylation sites is 1. The van der Waals surface area contributed by atoms with Crippen LogP contribution in [0.15, 0.2) is 84.9 Å². The second-order valence-corrected chi connectivity index (χ2v) is 6.56. The molecule has 4 rings (SSSR count). The molecule has 0 aliphatic carbocycles. The van der Waals surface area contributed by atoms with Crippen LogP contribution in [0.4, 0.5) is 0 Å². The van der Waals surface area contributed by atoms with E-state index in [1.54, 1.807) is 28.9 Å². The first-order valence-electron chi connectivity index (χ1n) is 9.26. The Balaban J connectivity index is 1.97. The topological polar surface area (TPSA) is 81.4 Å². The Kier molecular flexibility index (Phi) is 5.13. The summed E-state index contributed by atoms with van der Waals surface area (Å²) < 4.78 is 6.37. The number of hydrogen-bond acceptors (Lipinski definition) is 4. The number of rotatable bonds is 5. The summed E-state index contributed by atoms with van der Waals surface area (Å²) in [4.78, 5) is 24.1. The highest BCUT2D eigenvalue weighted by atomic mass is 16.5. The molecule has 6 nitrogen and oxygen atoms in total. The van der Waals surface area contributed by atoms with E-state index in [0.717, 1.165) is 11.3 Å². The van der Waals surface area contributed by atoms with Crippen molar-refractivity contribution in [2.24, 2.45) is 0 Å². The molecular formula is C24H18N2O4. The van der Waals surface area contributed by atoms with Crippen molar-refractivity contribution in [3.8, 4) is 28.2 Å². The minimum absolute atomic E-state index is 0.0934. The van der Waals surface area contributed by atoms with Gasteiger partial charge in [-0.2, -0.15) is 5.10 Å². The van der Waals surface area contributed by atoms with E-state index in [1.165, 1.54) is 7.11 Å². The molecule has 6 heteroatoms. The molecule has 30 heavy (non-hydrogen) atoms. The molecule has 0 saturated carbocycles. The van der Waals surface area contributed by atoms with E-state index in [0.29, 0.717) is 22.5 Å². The van der Waals surface area contributed by atoms with Gasteiger partial charge in [0, 0.05) is 11.1 Å². The maximum atomic E-state index is 12.3. The van der Waals surface area contributed by atoms with E-state index in [9.17, 15) is 14.7 Å². The van der Waals surface area contributed by atoms with Crippen LogP contribution in [0.25, 0.3) is 28.2 Å². The number of aromatic nitrogens is 2. The molecule has 0 bridgehead atoms. The fourth-order valence-corrected chi connectivity index (χ4v) is 3.32. The highest BCUT2D eigenvalue weighted by molar-refractivity contribution is 6.02. The van der Waals surface area contributed by atoms with Gasteiger partial charge < -0.3 is 9.84 Å². The van der Waals surface area contributed by atoms with Crippen LogP contribution in [0.3, 0.4) is 0 Å². The molecule has 0 saturated heterocycles. The average molecular weight is 398 g/mol. The zero-order valence-electron chi connectivity index (χ0n) is 16.1. The number of carbonyl (C=O) groups excluding carboxylic acids is 1. The first-order valence-corrected chi connectivity index (χ1v) is 9.26. The van der Waals surface area contributed by atoms with Crippen molar-refractivity contribution in [3.63, 3.8) is 0 Å². The Morgan fingerprint density at radius 2 is 1.43 bits per heavy atom. The molecule has 0 amide bonds. The van der Waals surface area contributed by atoms with Crippen LogP contribution in [0.5, 0.6) is 0 Å². The van der Waals surface area contributed by atoms with E-state index in [-0.39, 0.29) is 5.56 Å². The third-order valence-corrected chi connectivity index (χ3v) is 4.73. The zero-order chi connectivity index (χ0) is 21.1. The van der Waals surface area contributed by atoms with E-state index >= 15 is 0 Å². The highest BCUT2D eigenvalue weighted by Crippen LogP contribution is 2.34. The van der Waals surface area contributed by atoms with Gasteiger partial charge in [-0.1, -0.05) is 60.7 Å². The van der Waals surface area contributed by atoms with Crippen LogP contribution in [0.1, 0.15) is 20.7 Å². The Bertz CT molecular complexity index is 1200. The third-order valence-electron chi connectivity index (χ3n) is 4.73. The van der Waals surface area contributed by atoms with Gasteiger partial charge in [0.15, 0.2) is 0 Å². The molecule has 0 spiro atoms. The quantitative estimate of drug-likeness (QED) is 0.493. The number of hydrogen-bond donors (Lipinski definition) is 1. The highest BCUT2D eigenvalue weighted by Gasteiger charge is 2.26. The number of benzene rings is 3. The van der Waals surface area contributed by atoms with Crippen LogP contribution in [0, 0.1) is 0 Å². The zero-order valence-corrected chi connectivity index (χ0v) is 16.1. The molecule has 1 N–H and O–H groups in total. The molecule has 0 fully saturated rings. The first kappa shape index (κ1) is 19.1. The Morgan fingerprint density at radius 1 is 0.833 bits per heavy atom. The maximum absolute atomic E-state index is 12.3. The van der Waals surface area contributed by atoms with Crippen molar-refractivity contribution in [2.45, 2.75) is 0 Å². The van der Waals surface area contributed by atoms with Crippen LogP contribution >= 0.6 is 0 Å². The minimum atomic E-state index is -1.08. The second-order valence-electron chi connectivity index (χ2n) is 6.56. The first-order chi connectivity index (χ1) is 14.6. The van der Waals surface area contributed by atoms with Gasteiger partial charge in [0.2, 0.25) is 0 Å². The molecule has 0 aliphatic rings. The minimum Gasteiger partial charge on any atom is -0.478 e. The summed E-state index contributed by atoms with van der Waals surface area (Å²) in [6.07, 6.45) is 0. The van der Waals surface area contributed by atoms with E-state index in [4.69, 9.17) is 4.74 Å². The lowest BCUT2D eigenvalue weighted by atomic mass is 10.0. The van der Waals surface area contributed by atoms with Crippen LogP contribution < -0.4 is 0 Å². The number of nitrogens with zero attached hydrogens (tertiary/aromatic N) is 2. The number of methoxy groups -OCH3 is 1. The van der Waals surface area contributed by atoms with Crippen molar-refractivity contribution in [2.75, 3.05) is 7.11 Å². The second kappa shape index (κ2) is 8.05. The predicted molar refractivity (Wildman–Crippen MR) is 113 cm³/mol. The van der Waals surface area contributed by atoms with Crippen molar-refractivity contribution < 1.29 is 19.4 Å². The molecule has 0 unspecified atom stereocenters. The molecule has 0 aliphatic heterocycles. The van der Waals surface area contributed by atoms with Gasteiger partial charge >= 0.3 is 11.9 Å². The van der Waals surface area contributed by atoms with Crippen molar-refractivity contribution in [1.29, 1.82) is 0 Å². The number of carboxylic acids is 1. The molecule has 1 aromatic heterocycles. The summed E-state index contributed by atoms with van der Waals surface area (Å²) in [5.74, 6) is -1.54. The van der Waals surface area contributed by atoms with Gasteiger partial charge in [0.05, 0.1) is 24.1 Å². The van der Waals surface area contributed by atoms with Gasteiger partial charge in [-0.05, 0) is 24.3 Å². The Hall–Kier alpha value is -4.19. The van der Waals surface area contributed by atoms with Gasteiger partial charge in [-0.3, -0.25) is 0 Å². The summed E-state index contributed by atoms with van der Waals surface area (Å²) in [5, 5.41) is 14.7. The van der Waals surface area contributed by atoms with E-state index < -0.39 is 11.9 Å². The lowest BCUT2D eigenvalue weighted by Gasteiger charge is -2.08. The van der Waals surface area contributed by atoms with Crippen LogP contribution in [-0.2, 0) is 4.74 Å². The molecule has 4 aromatic rings. The summed E-state index contributed by atoms with van der Waals surface area (Å²) >= 11 is 0. The number of aromatic carboxylic acids is 1. The lowest BCUT2D eigenvalue weighted by molar-refractivity contribution is 0.0599. The normalized spacial score (nSPS) is 10.6. The molecule has 1 heterocycles. The van der Waals surface area contributed by atoms with Crippen molar-refractivity contribution in [3.05, 3.63) is 96.1 Å². The Labute approximate surface area is 173 Å². The number of ether oxygens (including phenoxy) is 1. The standard InChI is InChI=1S/C24H18N2O4/c1-30-24(29)18-14-12-16(13-15-18)21-20(23(27)28)22(17-8-4-2-5-9-17)26(25-21)19-10-6-3-7-11-19/h2-15H,1H3,(H,27,28). The van der Waals surface area contributed by atoms with Gasteiger partial charge in [-0.15, -0.1) is 0 Å². The van der Waals surface area contributed by atoms with Crippen LogP contribution in [0.2, 0.25) is 0 Å². The fraction of sp³-hybridized carbons (Fsp3) is 0.0417. The van der Waals surface area contributed by atoms with Gasteiger partial charge in [0.25, 0.3) is 0 Å². The van der Waals surface area contributed by atoms with Gasteiger partial charge in [0.1, 0.15) is 11.3 Å². The Morgan fingerprint density at radius 3 is 2.00 bits per heavy atom. The largest absolute Gasteiger partial charge is 0.478 e. The maximum Gasteiger partial charge on any atom is 0.340 e. The summed E-state index contributed by atoms with van der Waals surface area (Å²) in [7, 11) is 1.31. The molecule has 0 radical (unpaired) electrons. The third kappa shape index (κ3) is 3.46. The number of esters is 1. The summed E-state index contributed by atoms with van der Waals surface area (Å²) in [5.41, 5.74) is 3.36. The van der Waals surface area contributed by atoms with Crippen LogP contribution in [-0.4, -0.2) is 33.9 Å². The molecule has 3 aromatic carbocycles. The van der Waals surface area contributed by atoms with Crippen molar-refractivity contribution >= 4 is 11.9 Å². The molecule has 0 atom stereocenters. The lowest BCUT2D eigenvalue weighted by Crippen LogP contribution is -2.03. The summed E-state index contributed by atoms with van der Waals surface area (Å²) in [6, 6.07) is 25.2. The average Bonchev–Trinajstić information content (AvgIpc) is 3.21. The molecular weight excluding hydrogens is 380 g/mol. The number of carboxylic acid groups (broad SMARTS) is 1. The van der Waals surface area contributed by atoms with E-state index in [2.05, 4.69) is 5.10 Å². The monoisotopic (exact) mass is 398 g/mol. The SMILES string of the molecule is COC(=O)c1ccc(-c2nn(-c3ccccc3)c(-c3ccccc3)c2C(=O)O)cc1. The fourth-order valence-electron chi connectivity index (χ4n) is 3.32. The number of carbonyl (C=O) groups is 2. The van der Waals surface area contributed by atoms with Crippen molar-refractivity contribution in [1.82, 2.24) is 9.78 Å². The predicted octanol–water partition coefficient (Wildman–Crippen LogP) is 4.69. The molecule has 148 valence electrons. The van der Waals surface area contributed by atoms with E-state index in [1.807, 2.05) is 60.7 Å². The van der Waals surface area contributed by atoms with Gasteiger partial charge in [-0.25, -0.2) is 14.3 Å². The summed E-state index contributed by atoms with van der Waals surface area (Å²) in [6.45, 7) is 0.